The van der Waals surface area contributed by atoms with Crippen molar-refractivity contribution in [2.75, 3.05) is 5.75 Å². The molecular weight excluding hydrogens is 438 g/mol. The fourth-order valence-electron chi connectivity index (χ4n) is 2.91. The highest BCUT2D eigenvalue weighted by Gasteiger charge is 2.17. The topological polar surface area (TPSA) is 87.6 Å². The van der Waals surface area contributed by atoms with E-state index in [0.717, 1.165) is 21.6 Å². The highest BCUT2D eigenvalue weighted by atomic mass is 35.5. The molecule has 4 aromatic rings. The summed E-state index contributed by atoms with van der Waals surface area (Å²) in [7, 11) is 0. The summed E-state index contributed by atoms with van der Waals surface area (Å²) in [5.41, 5.74) is 1.90. The number of nitriles is 1. The summed E-state index contributed by atoms with van der Waals surface area (Å²) in [4.78, 5) is 4.47. The van der Waals surface area contributed by atoms with E-state index in [4.69, 9.17) is 11.6 Å². The van der Waals surface area contributed by atoms with Crippen molar-refractivity contribution in [2.24, 2.45) is 0 Å². The summed E-state index contributed by atoms with van der Waals surface area (Å²) >= 11 is 8.68. The van der Waals surface area contributed by atoms with Crippen LogP contribution in [0.2, 0.25) is 5.02 Å². The van der Waals surface area contributed by atoms with E-state index in [0.29, 0.717) is 21.7 Å². The molecule has 0 radical (unpaired) electrons. The number of aliphatic hydroxyl groups excluding tert-OH is 1. The number of aromatic nitrogens is 4. The van der Waals surface area contributed by atoms with Crippen molar-refractivity contribution in [3.05, 3.63) is 64.3 Å². The van der Waals surface area contributed by atoms with Crippen LogP contribution in [0.3, 0.4) is 0 Å². The molecule has 30 heavy (non-hydrogen) atoms. The first-order valence-electron chi connectivity index (χ1n) is 9.10. The monoisotopic (exact) mass is 453 g/mol. The van der Waals surface area contributed by atoms with E-state index in [1.54, 1.807) is 0 Å². The number of thioether (sulfide) groups is 1. The zero-order chi connectivity index (χ0) is 21.1. The summed E-state index contributed by atoms with van der Waals surface area (Å²) in [5, 5.41) is 30.6. The van der Waals surface area contributed by atoms with E-state index in [1.807, 2.05) is 60.0 Å². The van der Waals surface area contributed by atoms with Gasteiger partial charge in [0, 0.05) is 17.1 Å². The minimum atomic E-state index is -0.0275. The molecule has 0 unspecified atom stereocenters. The Kier molecular flexibility index (Phi) is 6.04. The summed E-state index contributed by atoms with van der Waals surface area (Å²) < 4.78 is 2.93. The largest absolute Gasteiger partial charge is 0.510 e. The molecule has 0 fully saturated rings. The maximum Gasteiger partial charge on any atom is 0.191 e. The number of hydrogen-bond donors (Lipinski definition) is 1. The van der Waals surface area contributed by atoms with Crippen LogP contribution >= 0.6 is 34.7 Å². The Morgan fingerprint density at radius 2 is 1.97 bits per heavy atom. The lowest BCUT2D eigenvalue weighted by atomic mass is 10.2. The number of rotatable bonds is 6. The molecule has 4 rings (SSSR count). The van der Waals surface area contributed by atoms with Crippen molar-refractivity contribution in [3.8, 4) is 17.5 Å². The van der Waals surface area contributed by atoms with E-state index in [1.165, 1.54) is 23.1 Å². The van der Waals surface area contributed by atoms with Gasteiger partial charge in [0.1, 0.15) is 22.4 Å². The van der Waals surface area contributed by atoms with Gasteiger partial charge >= 0.3 is 0 Å². The number of aliphatic hydroxyl groups is 1. The van der Waals surface area contributed by atoms with Gasteiger partial charge in [-0.2, -0.15) is 5.26 Å². The minimum Gasteiger partial charge on any atom is -0.510 e. The molecule has 2 aromatic heterocycles. The van der Waals surface area contributed by atoms with Crippen molar-refractivity contribution in [1.29, 1.82) is 5.26 Å². The third-order valence-corrected chi connectivity index (χ3v) is 6.67. The first-order valence-corrected chi connectivity index (χ1v) is 11.3. The number of hydrogen-bond acceptors (Lipinski definition) is 7. The Morgan fingerprint density at radius 3 is 2.67 bits per heavy atom. The van der Waals surface area contributed by atoms with E-state index in [9.17, 15) is 10.4 Å². The maximum absolute atomic E-state index is 10.6. The van der Waals surface area contributed by atoms with Crippen LogP contribution in [0.4, 0.5) is 0 Å². The highest BCUT2D eigenvalue weighted by molar-refractivity contribution is 7.99. The third kappa shape index (κ3) is 4.05. The lowest BCUT2D eigenvalue weighted by Crippen LogP contribution is -2.01. The number of allylic oxidation sites excluding steroid dienone is 1. The van der Waals surface area contributed by atoms with Gasteiger partial charge in [0.2, 0.25) is 0 Å². The third-order valence-electron chi connectivity index (χ3n) is 4.38. The van der Waals surface area contributed by atoms with E-state index < -0.39 is 0 Å². The molecule has 9 heteroatoms. The zero-order valence-electron chi connectivity index (χ0n) is 15.9. The van der Waals surface area contributed by atoms with Gasteiger partial charge in [-0.25, -0.2) is 4.98 Å². The first kappa shape index (κ1) is 20.4. The summed E-state index contributed by atoms with van der Waals surface area (Å²) in [6, 6.07) is 17.1. The lowest BCUT2D eigenvalue weighted by Gasteiger charge is -2.07. The van der Waals surface area contributed by atoms with Crippen LogP contribution in [-0.2, 0) is 6.54 Å². The van der Waals surface area contributed by atoms with Gasteiger partial charge in [-0.15, -0.1) is 21.5 Å². The molecule has 0 saturated heterocycles. The standard InChI is InChI=1S/C21H16ClN5OS2/c1-2-27-19(13-7-9-14(22)10-8-13)25-26-21(27)29-12-17(28)15(11-23)20-24-16-5-3-4-6-18(16)30-20/h3-10,28H,2,12H2,1H3/b17-15-. The molecule has 0 aliphatic heterocycles. The Bertz CT molecular complexity index is 1240. The first-order chi connectivity index (χ1) is 14.6. The second-order valence-corrected chi connectivity index (χ2v) is 8.68. The normalized spacial score (nSPS) is 12.0. The summed E-state index contributed by atoms with van der Waals surface area (Å²) in [6.07, 6.45) is 0. The number of fused-ring (bicyclic) bond motifs is 1. The van der Waals surface area contributed by atoms with Crippen LogP contribution in [0.25, 0.3) is 27.2 Å². The van der Waals surface area contributed by atoms with Crippen LogP contribution in [0.15, 0.2) is 59.4 Å². The van der Waals surface area contributed by atoms with Crippen molar-refractivity contribution in [1.82, 2.24) is 19.7 Å². The van der Waals surface area contributed by atoms with Gasteiger partial charge in [-0.1, -0.05) is 35.5 Å². The molecule has 0 amide bonds. The van der Waals surface area contributed by atoms with Crippen molar-refractivity contribution in [3.63, 3.8) is 0 Å². The quantitative estimate of drug-likeness (QED) is 0.225. The molecule has 0 atom stereocenters. The number of benzene rings is 2. The second-order valence-electron chi connectivity index (χ2n) is 6.27. The van der Waals surface area contributed by atoms with Gasteiger partial charge in [0.25, 0.3) is 0 Å². The van der Waals surface area contributed by atoms with Crippen LogP contribution in [0, 0.1) is 11.3 Å². The number of halogens is 1. The molecule has 0 aliphatic rings. The Hall–Kier alpha value is -2.86. The highest BCUT2D eigenvalue weighted by Crippen LogP contribution is 2.31. The molecule has 0 bridgehead atoms. The van der Waals surface area contributed by atoms with Gasteiger partial charge in [-0.05, 0) is 43.3 Å². The average molecular weight is 454 g/mol. The van der Waals surface area contributed by atoms with Gasteiger partial charge in [0.15, 0.2) is 11.0 Å². The van der Waals surface area contributed by atoms with E-state index >= 15 is 0 Å². The summed E-state index contributed by atoms with van der Waals surface area (Å²) in [6.45, 7) is 2.67. The van der Waals surface area contributed by atoms with Crippen LogP contribution in [-0.4, -0.2) is 30.6 Å². The van der Waals surface area contributed by atoms with Gasteiger partial charge in [-0.3, -0.25) is 0 Å². The molecule has 0 saturated carbocycles. The predicted octanol–water partition coefficient (Wildman–Crippen LogP) is 5.81. The predicted molar refractivity (Wildman–Crippen MR) is 122 cm³/mol. The maximum atomic E-state index is 10.6. The Morgan fingerprint density at radius 1 is 1.20 bits per heavy atom. The SMILES string of the molecule is CCn1c(SC/C(O)=C(\C#N)c2nc3ccccc3s2)nnc1-c1ccc(Cl)cc1. The van der Waals surface area contributed by atoms with Crippen LogP contribution < -0.4 is 0 Å². The second kappa shape index (κ2) is 8.88. The molecule has 6 nitrogen and oxygen atoms in total. The smallest absolute Gasteiger partial charge is 0.191 e. The minimum absolute atomic E-state index is 0.0275. The summed E-state index contributed by atoms with van der Waals surface area (Å²) in [5.74, 6) is 0.893. The Balaban J connectivity index is 1.59. The van der Waals surface area contributed by atoms with Crippen molar-refractivity contribution in [2.45, 2.75) is 18.6 Å². The molecule has 1 N–H and O–H groups in total. The molecule has 0 spiro atoms. The molecule has 2 heterocycles. The van der Waals surface area contributed by atoms with Crippen molar-refractivity contribution < 1.29 is 5.11 Å². The number of para-hydroxylation sites is 1. The van der Waals surface area contributed by atoms with Gasteiger partial charge in [0.05, 0.1) is 16.0 Å². The molecule has 150 valence electrons. The van der Waals surface area contributed by atoms with Crippen LogP contribution in [0.1, 0.15) is 11.9 Å². The zero-order valence-corrected chi connectivity index (χ0v) is 18.3. The van der Waals surface area contributed by atoms with Crippen LogP contribution in [0.5, 0.6) is 0 Å². The molecule has 2 aromatic carbocycles. The van der Waals surface area contributed by atoms with Crippen molar-refractivity contribution >= 4 is 50.5 Å². The Labute approximate surface area is 186 Å². The number of nitrogens with zero attached hydrogens (tertiary/aromatic N) is 5. The van der Waals surface area contributed by atoms with E-state index in [2.05, 4.69) is 21.3 Å². The number of thiazole rings is 1. The molecular formula is C21H16ClN5OS2. The fraction of sp³-hybridized carbons (Fsp3) is 0.143. The van der Waals surface area contributed by atoms with Gasteiger partial charge < -0.3 is 9.67 Å². The average Bonchev–Trinajstić information content (AvgIpc) is 3.37. The molecule has 0 aliphatic carbocycles. The fourth-order valence-corrected chi connectivity index (χ4v) is 4.90. The van der Waals surface area contributed by atoms with E-state index in [-0.39, 0.29) is 17.1 Å². The lowest BCUT2D eigenvalue weighted by molar-refractivity contribution is 0.420.